The first kappa shape index (κ1) is 13.6. The SMILES string of the molecule is COc1ccnc(NS(=O)(=O)c2ccc(Cl)cc2)c1. The number of pyridine rings is 1. The second kappa shape index (κ2) is 5.46. The van der Waals surface area contributed by atoms with Crippen LogP contribution in [0.25, 0.3) is 0 Å². The molecule has 2 rings (SSSR count). The lowest BCUT2D eigenvalue weighted by atomic mass is 10.4. The first-order chi connectivity index (χ1) is 9.01. The van der Waals surface area contributed by atoms with Gasteiger partial charge in [-0.1, -0.05) is 11.6 Å². The van der Waals surface area contributed by atoms with E-state index in [4.69, 9.17) is 16.3 Å². The topological polar surface area (TPSA) is 68.3 Å². The molecule has 0 radical (unpaired) electrons. The molecule has 1 heterocycles. The number of aromatic nitrogens is 1. The van der Waals surface area contributed by atoms with Crippen molar-refractivity contribution in [3.63, 3.8) is 0 Å². The Bertz CT molecular complexity index is 672. The number of hydrogen-bond acceptors (Lipinski definition) is 4. The van der Waals surface area contributed by atoms with Crippen LogP contribution in [-0.2, 0) is 10.0 Å². The zero-order valence-corrected chi connectivity index (χ0v) is 11.6. The maximum absolute atomic E-state index is 12.1. The van der Waals surface area contributed by atoms with Gasteiger partial charge in [-0.15, -0.1) is 0 Å². The summed E-state index contributed by atoms with van der Waals surface area (Å²) in [5.41, 5.74) is 0. The van der Waals surface area contributed by atoms with E-state index in [2.05, 4.69) is 9.71 Å². The van der Waals surface area contributed by atoms with E-state index in [1.54, 1.807) is 6.07 Å². The Kier molecular flexibility index (Phi) is 3.92. The summed E-state index contributed by atoms with van der Waals surface area (Å²) in [6.07, 6.45) is 1.46. The van der Waals surface area contributed by atoms with Crippen molar-refractivity contribution < 1.29 is 13.2 Å². The summed E-state index contributed by atoms with van der Waals surface area (Å²) in [5.74, 6) is 0.707. The maximum Gasteiger partial charge on any atom is 0.263 e. The van der Waals surface area contributed by atoms with Gasteiger partial charge in [-0.2, -0.15) is 0 Å². The van der Waals surface area contributed by atoms with Crippen molar-refractivity contribution >= 4 is 27.4 Å². The van der Waals surface area contributed by atoms with Crippen LogP contribution in [0.2, 0.25) is 5.02 Å². The summed E-state index contributed by atoms with van der Waals surface area (Å²) in [4.78, 5) is 4.03. The van der Waals surface area contributed by atoms with Crippen LogP contribution in [0.15, 0.2) is 47.5 Å². The van der Waals surface area contributed by atoms with Gasteiger partial charge in [0.1, 0.15) is 11.6 Å². The van der Waals surface area contributed by atoms with Crippen LogP contribution in [0.5, 0.6) is 5.75 Å². The highest BCUT2D eigenvalue weighted by molar-refractivity contribution is 7.92. The number of nitrogens with zero attached hydrogens (tertiary/aromatic N) is 1. The van der Waals surface area contributed by atoms with Gasteiger partial charge in [-0.05, 0) is 30.3 Å². The molecule has 0 spiro atoms. The van der Waals surface area contributed by atoms with Crippen LogP contribution >= 0.6 is 11.6 Å². The third kappa shape index (κ3) is 3.36. The molecule has 0 saturated carbocycles. The van der Waals surface area contributed by atoms with Gasteiger partial charge in [0, 0.05) is 17.3 Å². The van der Waals surface area contributed by atoms with Crippen molar-refractivity contribution in [2.75, 3.05) is 11.8 Å². The molecule has 5 nitrogen and oxygen atoms in total. The van der Waals surface area contributed by atoms with Gasteiger partial charge in [0.25, 0.3) is 10.0 Å². The van der Waals surface area contributed by atoms with Gasteiger partial charge in [0.2, 0.25) is 0 Å². The molecule has 2 aromatic rings. The van der Waals surface area contributed by atoms with E-state index in [1.165, 1.54) is 43.6 Å². The fourth-order valence-corrected chi connectivity index (χ4v) is 2.53. The Morgan fingerprint density at radius 3 is 2.53 bits per heavy atom. The maximum atomic E-state index is 12.1. The largest absolute Gasteiger partial charge is 0.497 e. The van der Waals surface area contributed by atoms with Crippen LogP contribution < -0.4 is 9.46 Å². The van der Waals surface area contributed by atoms with Gasteiger partial charge < -0.3 is 4.74 Å². The van der Waals surface area contributed by atoms with Gasteiger partial charge in [-0.25, -0.2) is 13.4 Å². The summed E-state index contributed by atoms with van der Waals surface area (Å²) in [6.45, 7) is 0. The minimum absolute atomic E-state index is 0.113. The molecule has 0 amide bonds. The van der Waals surface area contributed by atoms with Crippen molar-refractivity contribution in [1.82, 2.24) is 4.98 Å². The Hall–Kier alpha value is -1.79. The predicted octanol–water partition coefficient (Wildman–Crippen LogP) is 2.54. The van der Waals surface area contributed by atoms with Crippen molar-refractivity contribution in [3.05, 3.63) is 47.6 Å². The number of hydrogen-bond donors (Lipinski definition) is 1. The fraction of sp³-hybridized carbons (Fsp3) is 0.0833. The Labute approximate surface area is 116 Å². The third-order valence-electron chi connectivity index (χ3n) is 2.33. The molecule has 0 unspecified atom stereocenters. The van der Waals surface area contributed by atoms with Crippen molar-refractivity contribution in [2.45, 2.75) is 4.90 Å². The third-order valence-corrected chi connectivity index (χ3v) is 3.95. The molecule has 0 bridgehead atoms. The molecule has 0 aliphatic heterocycles. The molecule has 1 aromatic carbocycles. The predicted molar refractivity (Wildman–Crippen MR) is 73.0 cm³/mol. The Balaban J connectivity index is 2.28. The standard InChI is InChI=1S/C12H11ClN2O3S/c1-18-10-6-7-14-12(8-10)15-19(16,17)11-4-2-9(13)3-5-11/h2-8H,1H3,(H,14,15). The number of benzene rings is 1. The first-order valence-corrected chi connectivity index (χ1v) is 7.16. The van der Waals surface area contributed by atoms with Crippen LogP contribution in [-0.4, -0.2) is 20.5 Å². The minimum atomic E-state index is -3.68. The molecule has 19 heavy (non-hydrogen) atoms. The van der Waals surface area contributed by atoms with E-state index in [-0.39, 0.29) is 10.7 Å². The molecular weight excluding hydrogens is 288 g/mol. The van der Waals surface area contributed by atoms with Crippen LogP contribution in [0.4, 0.5) is 5.82 Å². The number of rotatable bonds is 4. The second-order valence-corrected chi connectivity index (χ2v) is 5.76. The van der Waals surface area contributed by atoms with E-state index < -0.39 is 10.0 Å². The minimum Gasteiger partial charge on any atom is -0.497 e. The van der Waals surface area contributed by atoms with Crippen molar-refractivity contribution in [1.29, 1.82) is 0 Å². The molecule has 1 aromatic heterocycles. The molecule has 1 N–H and O–H groups in total. The van der Waals surface area contributed by atoms with E-state index >= 15 is 0 Å². The Morgan fingerprint density at radius 2 is 1.89 bits per heavy atom. The van der Waals surface area contributed by atoms with Crippen LogP contribution in [0.1, 0.15) is 0 Å². The fourth-order valence-electron chi connectivity index (χ4n) is 1.40. The van der Waals surface area contributed by atoms with Gasteiger partial charge in [0.15, 0.2) is 0 Å². The molecule has 0 aliphatic carbocycles. The number of halogens is 1. The zero-order chi connectivity index (χ0) is 13.9. The molecule has 0 atom stereocenters. The quantitative estimate of drug-likeness (QED) is 0.942. The van der Waals surface area contributed by atoms with E-state index in [1.807, 2.05) is 0 Å². The first-order valence-electron chi connectivity index (χ1n) is 5.30. The monoisotopic (exact) mass is 298 g/mol. The van der Waals surface area contributed by atoms with Crippen molar-refractivity contribution in [2.24, 2.45) is 0 Å². The summed E-state index contributed by atoms with van der Waals surface area (Å²) in [5, 5.41) is 0.471. The molecule has 7 heteroatoms. The smallest absolute Gasteiger partial charge is 0.263 e. The van der Waals surface area contributed by atoms with Crippen LogP contribution in [0, 0.1) is 0 Å². The average Bonchev–Trinajstić information content (AvgIpc) is 2.39. The number of anilines is 1. The normalized spacial score (nSPS) is 11.1. The summed E-state index contributed by atoms with van der Waals surface area (Å²) < 4.78 is 31.5. The summed E-state index contributed by atoms with van der Waals surface area (Å²) >= 11 is 5.72. The van der Waals surface area contributed by atoms with E-state index in [9.17, 15) is 8.42 Å². The lowest BCUT2D eigenvalue weighted by Crippen LogP contribution is -2.13. The lowest BCUT2D eigenvalue weighted by Gasteiger charge is -2.08. The lowest BCUT2D eigenvalue weighted by molar-refractivity contribution is 0.414. The molecule has 0 aliphatic rings. The number of sulfonamides is 1. The number of nitrogens with one attached hydrogen (secondary N) is 1. The van der Waals surface area contributed by atoms with Crippen molar-refractivity contribution in [3.8, 4) is 5.75 Å². The highest BCUT2D eigenvalue weighted by atomic mass is 35.5. The molecule has 100 valence electrons. The number of ether oxygens (including phenoxy) is 1. The molecular formula is C12H11ClN2O3S. The number of methoxy groups -OCH3 is 1. The van der Waals surface area contributed by atoms with Crippen LogP contribution in [0.3, 0.4) is 0 Å². The van der Waals surface area contributed by atoms with Gasteiger partial charge in [0.05, 0.1) is 12.0 Å². The van der Waals surface area contributed by atoms with E-state index in [0.29, 0.717) is 10.8 Å². The van der Waals surface area contributed by atoms with Gasteiger partial charge >= 0.3 is 0 Å². The zero-order valence-electron chi connectivity index (χ0n) is 10.00. The Morgan fingerprint density at radius 1 is 1.21 bits per heavy atom. The second-order valence-electron chi connectivity index (χ2n) is 3.64. The molecule has 0 saturated heterocycles. The summed E-state index contributed by atoms with van der Waals surface area (Å²) in [6, 6.07) is 8.98. The molecule has 0 fully saturated rings. The summed E-state index contributed by atoms with van der Waals surface area (Å²) in [7, 11) is -2.19. The van der Waals surface area contributed by atoms with E-state index in [0.717, 1.165) is 0 Å². The highest BCUT2D eigenvalue weighted by Gasteiger charge is 2.14. The highest BCUT2D eigenvalue weighted by Crippen LogP contribution is 2.19. The van der Waals surface area contributed by atoms with Gasteiger partial charge in [-0.3, -0.25) is 4.72 Å². The average molecular weight is 299 g/mol.